The first-order chi connectivity index (χ1) is 5.65. The Morgan fingerprint density at radius 1 is 1.25 bits per heavy atom. The molecule has 1 aliphatic rings. The summed E-state index contributed by atoms with van der Waals surface area (Å²) in [5.41, 5.74) is 0. The molecule has 12 heavy (non-hydrogen) atoms. The number of hydrogen-bond acceptors (Lipinski definition) is 0. The van der Waals surface area contributed by atoms with Gasteiger partial charge in [0, 0.05) is 0 Å². The van der Waals surface area contributed by atoms with Crippen molar-refractivity contribution >= 4 is 0 Å². The second-order valence-corrected chi connectivity index (χ2v) is 4.99. The van der Waals surface area contributed by atoms with E-state index in [1.165, 1.54) is 25.7 Å². The summed E-state index contributed by atoms with van der Waals surface area (Å²) < 4.78 is 0. The molecule has 0 amide bonds. The average molecular weight is 168 g/mol. The Kier molecular flexibility index (Phi) is 3.61. The highest BCUT2D eigenvalue weighted by atomic mass is 14.3. The summed E-state index contributed by atoms with van der Waals surface area (Å²) in [4.78, 5) is 0. The molecule has 0 bridgehead atoms. The number of rotatable bonds is 2. The zero-order chi connectivity index (χ0) is 9.14. The minimum absolute atomic E-state index is 0.905. The van der Waals surface area contributed by atoms with Gasteiger partial charge >= 0.3 is 0 Å². The quantitative estimate of drug-likeness (QED) is 0.582. The Bertz CT molecular complexity index is 126. The van der Waals surface area contributed by atoms with Gasteiger partial charge in [-0.2, -0.15) is 0 Å². The van der Waals surface area contributed by atoms with Gasteiger partial charge in [0.05, 0.1) is 0 Å². The standard InChI is InChI=1S/C12H24/c1-5-11-8-10(4)6-7-12(11)9(2)3/h9-12H,5-8H2,1-4H3/t10-,11+,12+/m0/s1. The van der Waals surface area contributed by atoms with E-state index in [4.69, 9.17) is 0 Å². The van der Waals surface area contributed by atoms with Gasteiger partial charge in [0.2, 0.25) is 0 Å². The third-order valence-corrected chi connectivity index (χ3v) is 3.68. The van der Waals surface area contributed by atoms with E-state index in [2.05, 4.69) is 27.7 Å². The highest BCUT2D eigenvalue weighted by Gasteiger charge is 2.28. The Balaban J connectivity index is 2.50. The molecule has 72 valence electrons. The normalized spacial score (nSPS) is 37.2. The van der Waals surface area contributed by atoms with Crippen molar-refractivity contribution in [3.8, 4) is 0 Å². The number of hydrogen-bond donors (Lipinski definition) is 0. The summed E-state index contributed by atoms with van der Waals surface area (Å²) in [7, 11) is 0. The molecule has 0 spiro atoms. The molecule has 1 rings (SSSR count). The molecule has 0 aromatic rings. The first-order valence-corrected chi connectivity index (χ1v) is 5.65. The second kappa shape index (κ2) is 4.30. The molecule has 0 heteroatoms. The molecule has 3 atom stereocenters. The van der Waals surface area contributed by atoms with E-state index in [1.54, 1.807) is 0 Å². The Labute approximate surface area is 77.7 Å². The smallest absolute Gasteiger partial charge is 0.0363 e. The van der Waals surface area contributed by atoms with Crippen LogP contribution in [-0.4, -0.2) is 0 Å². The minimum Gasteiger partial charge on any atom is -0.0651 e. The second-order valence-electron chi connectivity index (χ2n) is 4.99. The fourth-order valence-electron chi connectivity index (χ4n) is 2.87. The molecule has 0 saturated heterocycles. The third kappa shape index (κ3) is 2.24. The molecule has 0 radical (unpaired) electrons. The third-order valence-electron chi connectivity index (χ3n) is 3.68. The lowest BCUT2D eigenvalue weighted by Crippen LogP contribution is -2.26. The average Bonchev–Trinajstić information content (AvgIpc) is 2.03. The molecule has 0 aromatic heterocycles. The highest BCUT2D eigenvalue weighted by molar-refractivity contribution is 4.79. The Hall–Kier alpha value is 0. The molecular weight excluding hydrogens is 144 g/mol. The van der Waals surface area contributed by atoms with Crippen LogP contribution >= 0.6 is 0 Å². The van der Waals surface area contributed by atoms with Crippen molar-refractivity contribution in [1.29, 1.82) is 0 Å². The van der Waals surface area contributed by atoms with E-state index in [0.29, 0.717) is 0 Å². The van der Waals surface area contributed by atoms with Crippen LogP contribution in [0, 0.1) is 23.7 Å². The van der Waals surface area contributed by atoms with Gasteiger partial charge in [-0.05, 0) is 36.5 Å². The summed E-state index contributed by atoms with van der Waals surface area (Å²) >= 11 is 0. The van der Waals surface area contributed by atoms with Gasteiger partial charge < -0.3 is 0 Å². The van der Waals surface area contributed by atoms with Crippen molar-refractivity contribution < 1.29 is 0 Å². The van der Waals surface area contributed by atoms with Crippen molar-refractivity contribution in [3.05, 3.63) is 0 Å². The fourth-order valence-corrected chi connectivity index (χ4v) is 2.87. The summed E-state index contributed by atoms with van der Waals surface area (Å²) in [5.74, 6) is 3.94. The van der Waals surface area contributed by atoms with Gasteiger partial charge in [-0.15, -0.1) is 0 Å². The predicted molar refractivity (Wildman–Crippen MR) is 55.1 cm³/mol. The Morgan fingerprint density at radius 3 is 2.42 bits per heavy atom. The van der Waals surface area contributed by atoms with Crippen LogP contribution in [0.25, 0.3) is 0 Å². The highest BCUT2D eigenvalue weighted by Crippen LogP contribution is 2.39. The first kappa shape index (κ1) is 10.1. The molecule has 0 heterocycles. The molecule has 1 aliphatic carbocycles. The van der Waals surface area contributed by atoms with E-state index in [1.807, 2.05) is 0 Å². The van der Waals surface area contributed by atoms with E-state index in [-0.39, 0.29) is 0 Å². The zero-order valence-corrected chi connectivity index (χ0v) is 9.14. The lowest BCUT2D eigenvalue weighted by molar-refractivity contribution is 0.140. The molecule has 1 saturated carbocycles. The van der Waals surface area contributed by atoms with Gasteiger partial charge in [0.25, 0.3) is 0 Å². The van der Waals surface area contributed by atoms with Crippen LogP contribution in [0.3, 0.4) is 0 Å². The van der Waals surface area contributed by atoms with E-state index < -0.39 is 0 Å². The van der Waals surface area contributed by atoms with E-state index in [9.17, 15) is 0 Å². The maximum Gasteiger partial charge on any atom is -0.0363 e. The summed E-state index contributed by atoms with van der Waals surface area (Å²) in [6.07, 6.45) is 5.84. The maximum atomic E-state index is 2.42. The van der Waals surface area contributed by atoms with Crippen molar-refractivity contribution in [2.45, 2.75) is 53.4 Å². The largest absolute Gasteiger partial charge is 0.0651 e. The minimum atomic E-state index is 0.905. The zero-order valence-electron chi connectivity index (χ0n) is 9.14. The van der Waals surface area contributed by atoms with Crippen molar-refractivity contribution in [2.75, 3.05) is 0 Å². The molecular formula is C12H24. The van der Waals surface area contributed by atoms with Crippen LogP contribution in [0.4, 0.5) is 0 Å². The van der Waals surface area contributed by atoms with Gasteiger partial charge in [-0.1, -0.05) is 40.5 Å². The molecule has 0 aliphatic heterocycles. The van der Waals surface area contributed by atoms with Gasteiger partial charge in [0.15, 0.2) is 0 Å². The van der Waals surface area contributed by atoms with Crippen LogP contribution in [0.2, 0.25) is 0 Å². The lowest BCUT2D eigenvalue weighted by atomic mass is 9.69. The lowest BCUT2D eigenvalue weighted by Gasteiger charge is -2.36. The molecule has 0 unspecified atom stereocenters. The van der Waals surface area contributed by atoms with Crippen molar-refractivity contribution in [3.63, 3.8) is 0 Å². The molecule has 1 fully saturated rings. The summed E-state index contributed by atoms with van der Waals surface area (Å²) in [6, 6.07) is 0. The van der Waals surface area contributed by atoms with E-state index >= 15 is 0 Å². The maximum absolute atomic E-state index is 2.42. The topological polar surface area (TPSA) is 0 Å². The van der Waals surface area contributed by atoms with Crippen molar-refractivity contribution in [2.24, 2.45) is 23.7 Å². The van der Waals surface area contributed by atoms with Gasteiger partial charge in [-0.25, -0.2) is 0 Å². The van der Waals surface area contributed by atoms with Crippen LogP contribution in [-0.2, 0) is 0 Å². The summed E-state index contributed by atoms with van der Waals surface area (Å²) in [5, 5.41) is 0. The molecule has 0 aromatic carbocycles. The molecule has 0 N–H and O–H groups in total. The van der Waals surface area contributed by atoms with Gasteiger partial charge in [-0.3, -0.25) is 0 Å². The predicted octanol–water partition coefficient (Wildman–Crippen LogP) is 4.10. The Morgan fingerprint density at radius 2 is 1.92 bits per heavy atom. The monoisotopic (exact) mass is 168 g/mol. The van der Waals surface area contributed by atoms with Crippen molar-refractivity contribution in [1.82, 2.24) is 0 Å². The van der Waals surface area contributed by atoms with Crippen LogP contribution in [0.1, 0.15) is 53.4 Å². The van der Waals surface area contributed by atoms with Crippen LogP contribution in [0.15, 0.2) is 0 Å². The summed E-state index contributed by atoms with van der Waals surface area (Å²) in [6.45, 7) is 9.56. The molecule has 0 nitrogen and oxygen atoms in total. The van der Waals surface area contributed by atoms with E-state index in [0.717, 1.165) is 23.7 Å². The fraction of sp³-hybridized carbons (Fsp3) is 1.00. The van der Waals surface area contributed by atoms with Crippen LogP contribution in [0.5, 0.6) is 0 Å². The first-order valence-electron chi connectivity index (χ1n) is 5.65. The van der Waals surface area contributed by atoms with Gasteiger partial charge in [0.1, 0.15) is 0 Å². The van der Waals surface area contributed by atoms with Crippen LogP contribution < -0.4 is 0 Å². The SMILES string of the molecule is CC[C@@H]1C[C@@H](C)CC[C@@H]1C(C)C.